The van der Waals surface area contributed by atoms with Crippen LogP contribution in [-0.2, 0) is 18.7 Å². The molecule has 5 N–H and O–H groups in total. The standard InChI is InChI=1S/C12H17N2O6P/c1-20-21(18,19)9-4-2-3-8(7-9)14-11(15)6-5-10(13)12(16)17/h2-4,7,10H,5-6,13H2,1H3,(H,14,15)(H,16,17)(H,18,19)/t10-/m0/s1. The molecule has 1 aromatic carbocycles. The van der Waals surface area contributed by atoms with Crippen LogP contribution in [0.15, 0.2) is 24.3 Å². The molecule has 1 amide bonds. The number of carbonyl (C=O) groups is 2. The topological polar surface area (TPSA) is 139 Å². The van der Waals surface area contributed by atoms with Crippen LogP contribution in [0.25, 0.3) is 0 Å². The summed E-state index contributed by atoms with van der Waals surface area (Å²) in [6, 6.07) is 4.65. The van der Waals surface area contributed by atoms with Crippen LogP contribution in [0.1, 0.15) is 12.8 Å². The fourth-order valence-electron chi connectivity index (χ4n) is 1.50. The molecule has 0 aliphatic heterocycles. The SMILES string of the molecule is COP(=O)(O)c1cccc(NC(=O)CC[C@H](N)C(=O)O)c1. The molecule has 9 heteroatoms. The number of benzene rings is 1. The fourth-order valence-corrected chi connectivity index (χ4v) is 2.29. The zero-order valence-electron chi connectivity index (χ0n) is 11.4. The van der Waals surface area contributed by atoms with E-state index < -0.39 is 25.5 Å². The second-order valence-corrected chi connectivity index (χ2v) is 6.21. The van der Waals surface area contributed by atoms with Gasteiger partial charge in [-0.2, -0.15) is 0 Å². The highest BCUT2D eigenvalue weighted by atomic mass is 31.2. The number of rotatable bonds is 7. The molecule has 2 atom stereocenters. The molecule has 0 aliphatic carbocycles. The van der Waals surface area contributed by atoms with E-state index in [9.17, 15) is 19.0 Å². The second-order valence-electron chi connectivity index (χ2n) is 4.28. The minimum atomic E-state index is -3.89. The van der Waals surface area contributed by atoms with E-state index in [1.165, 1.54) is 24.3 Å². The number of carbonyl (C=O) groups excluding carboxylic acids is 1. The number of anilines is 1. The number of aliphatic carboxylic acids is 1. The van der Waals surface area contributed by atoms with Crippen LogP contribution in [0, 0.1) is 0 Å². The van der Waals surface area contributed by atoms with Crippen LogP contribution in [0.3, 0.4) is 0 Å². The Balaban J connectivity index is 2.67. The van der Waals surface area contributed by atoms with Crippen LogP contribution in [-0.4, -0.2) is 35.0 Å². The van der Waals surface area contributed by atoms with Crippen LogP contribution in [0.2, 0.25) is 0 Å². The summed E-state index contributed by atoms with van der Waals surface area (Å²) in [6.45, 7) is 0. The van der Waals surface area contributed by atoms with Gasteiger partial charge in [0.25, 0.3) is 0 Å². The monoisotopic (exact) mass is 316 g/mol. The average molecular weight is 316 g/mol. The largest absolute Gasteiger partial charge is 0.480 e. The highest BCUT2D eigenvalue weighted by Crippen LogP contribution is 2.39. The zero-order valence-corrected chi connectivity index (χ0v) is 12.2. The Morgan fingerprint density at radius 3 is 2.71 bits per heavy atom. The quantitative estimate of drug-likeness (QED) is 0.530. The Hall–Kier alpha value is -1.73. The maximum atomic E-state index is 11.7. The van der Waals surface area contributed by atoms with Crippen molar-refractivity contribution < 1.29 is 28.7 Å². The third kappa shape index (κ3) is 5.28. The van der Waals surface area contributed by atoms with Crippen molar-refractivity contribution in [3.63, 3.8) is 0 Å². The number of nitrogens with one attached hydrogen (secondary N) is 1. The third-order valence-corrected chi connectivity index (χ3v) is 4.13. The average Bonchev–Trinajstić information content (AvgIpc) is 2.44. The first-order valence-corrected chi connectivity index (χ1v) is 7.61. The van der Waals surface area contributed by atoms with Crippen molar-refractivity contribution in [3.05, 3.63) is 24.3 Å². The molecule has 1 aromatic rings. The molecule has 0 fully saturated rings. The highest BCUT2D eigenvalue weighted by Gasteiger charge is 2.21. The van der Waals surface area contributed by atoms with E-state index >= 15 is 0 Å². The van der Waals surface area contributed by atoms with E-state index in [0.29, 0.717) is 5.69 Å². The molecular formula is C12H17N2O6P. The Morgan fingerprint density at radius 2 is 2.14 bits per heavy atom. The predicted octanol–water partition coefficient (Wildman–Crippen LogP) is 0.274. The van der Waals surface area contributed by atoms with Gasteiger partial charge in [0, 0.05) is 19.2 Å². The van der Waals surface area contributed by atoms with Gasteiger partial charge in [0.2, 0.25) is 5.91 Å². The number of amides is 1. The van der Waals surface area contributed by atoms with E-state index in [1.54, 1.807) is 0 Å². The zero-order chi connectivity index (χ0) is 16.0. The van der Waals surface area contributed by atoms with Gasteiger partial charge >= 0.3 is 13.6 Å². The predicted molar refractivity (Wildman–Crippen MR) is 76.4 cm³/mol. The van der Waals surface area contributed by atoms with E-state index in [1.807, 2.05) is 0 Å². The van der Waals surface area contributed by atoms with Gasteiger partial charge < -0.3 is 25.6 Å². The Morgan fingerprint density at radius 1 is 1.48 bits per heavy atom. The normalized spacial score (nSPS) is 15.0. The lowest BCUT2D eigenvalue weighted by Gasteiger charge is -2.11. The second kappa shape index (κ2) is 7.33. The number of hydrogen-bond donors (Lipinski definition) is 4. The van der Waals surface area contributed by atoms with E-state index in [-0.39, 0.29) is 18.1 Å². The molecule has 0 spiro atoms. The lowest BCUT2D eigenvalue weighted by molar-refractivity contribution is -0.138. The molecule has 8 nitrogen and oxygen atoms in total. The molecule has 0 radical (unpaired) electrons. The van der Waals surface area contributed by atoms with Gasteiger partial charge in [-0.05, 0) is 24.6 Å². The molecule has 116 valence electrons. The summed E-state index contributed by atoms with van der Waals surface area (Å²) in [7, 11) is -2.78. The van der Waals surface area contributed by atoms with Crippen molar-refractivity contribution in [3.8, 4) is 0 Å². The fraction of sp³-hybridized carbons (Fsp3) is 0.333. The summed E-state index contributed by atoms with van der Waals surface area (Å²) in [5.74, 6) is -1.61. The Kier molecular flexibility index (Phi) is 6.04. The van der Waals surface area contributed by atoms with E-state index in [0.717, 1.165) is 7.11 Å². The molecule has 1 rings (SSSR count). The van der Waals surface area contributed by atoms with Gasteiger partial charge in [0.05, 0.1) is 5.30 Å². The molecule has 0 bridgehead atoms. The van der Waals surface area contributed by atoms with Gasteiger partial charge in [-0.25, -0.2) is 0 Å². The molecule has 0 aromatic heterocycles. The molecule has 0 heterocycles. The smallest absolute Gasteiger partial charge is 0.358 e. The minimum Gasteiger partial charge on any atom is -0.480 e. The van der Waals surface area contributed by atoms with Crippen molar-refractivity contribution in [1.82, 2.24) is 0 Å². The van der Waals surface area contributed by atoms with Crippen molar-refractivity contribution >= 4 is 30.5 Å². The van der Waals surface area contributed by atoms with Crippen LogP contribution in [0.5, 0.6) is 0 Å². The third-order valence-electron chi connectivity index (χ3n) is 2.70. The maximum absolute atomic E-state index is 11.7. The molecule has 1 unspecified atom stereocenters. The molecule has 0 aliphatic rings. The maximum Gasteiger partial charge on any atom is 0.358 e. The first kappa shape index (κ1) is 17.3. The van der Waals surface area contributed by atoms with Crippen molar-refractivity contribution in [2.24, 2.45) is 5.73 Å². The van der Waals surface area contributed by atoms with Crippen molar-refractivity contribution in [1.29, 1.82) is 0 Å². The Bertz CT molecular complexity index is 577. The molecule has 21 heavy (non-hydrogen) atoms. The number of carboxylic acids is 1. The lowest BCUT2D eigenvalue weighted by atomic mass is 10.1. The lowest BCUT2D eigenvalue weighted by Crippen LogP contribution is -2.31. The van der Waals surface area contributed by atoms with Gasteiger partial charge in [-0.15, -0.1) is 0 Å². The van der Waals surface area contributed by atoms with Crippen LogP contribution in [0.4, 0.5) is 5.69 Å². The van der Waals surface area contributed by atoms with Crippen molar-refractivity contribution in [2.45, 2.75) is 18.9 Å². The molecule has 0 saturated carbocycles. The first-order valence-electron chi connectivity index (χ1n) is 6.03. The summed E-state index contributed by atoms with van der Waals surface area (Å²) < 4.78 is 16.2. The first-order chi connectivity index (χ1) is 9.76. The van der Waals surface area contributed by atoms with E-state index in [4.69, 9.17) is 10.8 Å². The summed E-state index contributed by atoms with van der Waals surface area (Å²) in [4.78, 5) is 31.7. The number of nitrogens with two attached hydrogens (primary N) is 1. The summed E-state index contributed by atoms with van der Waals surface area (Å²) in [5.41, 5.74) is 5.60. The van der Waals surface area contributed by atoms with Crippen LogP contribution >= 0.6 is 7.60 Å². The molecular weight excluding hydrogens is 299 g/mol. The summed E-state index contributed by atoms with van der Waals surface area (Å²) >= 11 is 0. The van der Waals surface area contributed by atoms with Gasteiger partial charge in [-0.3, -0.25) is 14.2 Å². The minimum absolute atomic E-state index is 0.00256. The van der Waals surface area contributed by atoms with Crippen LogP contribution < -0.4 is 16.4 Å². The summed E-state index contributed by atoms with van der Waals surface area (Å²) in [6.07, 6.45) is -0.0732. The Labute approximate surface area is 121 Å². The summed E-state index contributed by atoms with van der Waals surface area (Å²) in [5, 5.41) is 11.2. The number of hydrogen-bond acceptors (Lipinski definition) is 5. The van der Waals surface area contributed by atoms with Gasteiger partial charge in [0.1, 0.15) is 6.04 Å². The highest BCUT2D eigenvalue weighted by molar-refractivity contribution is 7.61. The number of carboxylic acid groups (broad SMARTS) is 1. The van der Waals surface area contributed by atoms with Crippen molar-refractivity contribution in [2.75, 3.05) is 12.4 Å². The van der Waals surface area contributed by atoms with Gasteiger partial charge in [-0.1, -0.05) is 6.07 Å². The van der Waals surface area contributed by atoms with E-state index in [2.05, 4.69) is 9.84 Å². The van der Waals surface area contributed by atoms with Gasteiger partial charge in [0.15, 0.2) is 0 Å². The molecule has 0 saturated heterocycles.